The molecule has 1 aliphatic rings. The first-order valence-corrected chi connectivity index (χ1v) is 5.99. The molecular weight excluding hydrogens is 235 g/mol. The first-order chi connectivity index (χ1) is 8.69. The zero-order valence-corrected chi connectivity index (χ0v) is 10.1. The average Bonchev–Trinajstić information content (AvgIpc) is 3.18. The molecule has 1 aromatic rings. The fourth-order valence-corrected chi connectivity index (χ4v) is 1.92. The van der Waals surface area contributed by atoms with Gasteiger partial charge in [-0.05, 0) is 24.5 Å². The van der Waals surface area contributed by atoms with Crippen molar-refractivity contribution in [1.82, 2.24) is 9.88 Å². The van der Waals surface area contributed by atoms with E-state index in [1.807, 2.05) is 0 Å². The molecule has 0 spiro atoms. The number of nitrogens with two attached hydrogens (primary N) is 1. The lowest BCUT2D eigenvalue weighted by molar-refractivity contribution is 0.259. The molecular formula is C12H17FN4O. The molecule has 1 saturated carbocycles. The second-order valence-electron chi connectivity index (χ2n) is 4.55. The van der Waals surface area contributed by atoms with Crippen molar-refractivity contribution in [3.63, 3.8) is 0 Å². The lowest BCUT2D eigenvalue weighted by Crippen LogP contribution is -2.30. The Morgan fingerprint density at radius 3 is 2.94 bits per heavy atom. The molecule has 0 aromatic carbocycles. The van der Waals surface area contributed by atoms with Gasteiger partial charge in [0.15, 0.2) is 0 Å². The maximum Gasteiger partial charge on any atom is 0.141 e. The van der Waals surface area contributed by atoms with Crippen LogP contribution >= 0.6 is 0 Å². The highest BCUT2D eigenvalue weighted by Gasteiger charge is 2.28. The van der Waals surface area contributed by atoms with E-state index in [9.17, 15) is 4.39 Å². The van der Waals surface area contributed by atoms with Crippen molar-refractivity contribution in [3.8, 4) is 0 Å². The van der Waals surface area contributed by atoms with E-state index in [0.29, 0.717) is 25.6 Å². The fraction of sp³-hybridized carbons (Fsp3) is 0.500. The van der Waals surface area contributed by atoms with E-state index in [-0.39, 0.29) is 11.7 Å². The topological polar surface area (TPSA) is 74.7 Å². The molecule has 18 heavy (non-hydrogen) atoms. The Hall–Kier alpha value is -1.69. The minimum Gasteiger partial charge on any atom is -0.409 e. The van der Waals surface area contributed by atoms with Crippen LogP contribution in [0.2, 0.25) is 0 Å². The highest BCUT2D eigenvalue weighted by molar-refractivity contribution is 5.79. The van der Waals surface area contributed by atoms with E-state index < -0.39 is 0 Å². The Morgan fingerprint density at radius 2 is 2.33 bits per heavy atom. The fourth-order valence-electron chi connectivity index (χ4n) is 1.92. The van der Waals surface area contributed by atoms with Gasteiger partial charge in [-0.3, -0.25) is 9.88 Å². The summed E-state index contributed by atoms with van der Waals surface area (Å²) in [5, 5.41) is 11.5. The van der Waals surface area contributed by atoms with Crippen molar-refractivity contribution in [2.45, 2.75) is 31.8 Å². The zero-order valence-electron chi connectivity index (χ0n) is 10.1. The standard InChI is InChI=1S/C12H17FN4O/c13-10-5-9(6-15-7-10)8-17(11-1-2-11)4-3-12(14)16-18/h5-7,11,18H,1-4,8H2,(H2,14,16). The second kappa shape index (κ2) is 5.77. The third-order valence-corrected chi connectivity index (χ3v) is 2.99. The number of rotatable bonds is 6. The van der Waals surface area contributed by atoms with Gasteiger partial charge in [-0.2, -0.15) is 0 Å². The number of hydrogen-bond acceptors (Lipinski definition) is 4. The molecule has 1 aromatic heterocycles. The van der Waals surface area contributed by atoms with Crippen LogP contribution in [0.3, 0.4) is 0 Å². The molecule has 3 N–H and O–H groups in total. The summed E-state index contributed by atoms with van der Waals surface area (Å²) in [6.45, 7) is 1.35. The van der Waals surface area contributed by atoms with Crippen LogP contribution in [0.25, 0.3) is 0 Å². The van der Waals surface area contributed by atoms with Crippen molar-refractivity contribution in [1.29, 1.82) is 0 Å². The first-order valence-electron chi connectivity index (χ1n) is 5.99. The van der Waals surface area contributed by atoms with Crippen molar-refractivity contribution in [3.05, 3.63) is 29.8 Å². The smallest absolute Gasteiger partial charge is 0.141 e. The van der Waals surface area contributed by atoms with Crippen molar-refractivity contribution in [2.75, 3.05) is 6.54 Å². The quantitative estimate of drug-likeness (QED) is 0.346. The Bertz CT molecular complexity index is 434. The molecule has 1 heterocycles. The number of pyridine rings is 1. The molecule has 0 unspecified atom stereocenters. The van der Waals surface area contributed by atoms with E-state index in [2.05, 4.69) is 15.0 Å². The molecule has 2 rings (SSSR count). The molecule has 0 radical (unpaired) electrons. The van der Waals surface area contributed by atoms with Crippen LogP contribution in [0.1, 0.15) is 24.8 Å². The molecule has 6 heteroatoms. The summed E-state index contributed by atoms with van der Waals surface area (Å²) in [4.78, 5) is 6.06. The maximum atomic E-state index is 13.0. The number of hydrogen-bond donors (Lipinski definition) is 2. The molecule has 0 amide bonds. The van der Waals surface area contributed by atoms with Crippen LogP contribution in [0.15, 0.2) is 23.6 Å². The second-order valence-corrected chi connectivity index (χ2v) is 4.55. The van der Waals surface area contributed by atoms with Crippen LogP contribution in [0.5, 0.6) is 0 Å². The van der Waals surface area contributed by atoms with Gasteiger partial charge in [0.05, 0.1) is 6.20 Å². The van der Waals surface area contributed by atoms with Gasteiger partial charge in [0.1, 0.15) is 11.7 Å². The molecule has 1 aliphatic carbocycles. The molecule has 0 saturated heterocycles. The van der Waals surface area contributed by atoms with Crippen LogP contribution in [-0.2, 0) is 6.54 Å². The van der Waals surface area contributed by atoms with E-state index in [1.165, 1.54) is 12.3 Å². The summed E-state index contributed by atoms with van der Waals surface area (Å²) in [7, 11) is 0. The summed E-state index contributed by atoms with van der Waals surface area (Å²) < 4.78 is 13.0. The monoisotopic (exact) mass is 252 g/mol. The highest BCUT2D eigenvalue weighted by Crippen LogP contribution is 2.28. The van der Waals surface area contributed by atoms with E-state index in [1.54, 1.807) is 6.20 Å². The van der Waals surface area contributed by atoms with Crippen molar-refractivity contribution >= 4 is 5.84 Å². The SMILES string of the molecule is N/C(CCN(Cc1cncc(F)c1)C1CC1)=N/O. The molecule has 0 aliphatic heterocycles. The van der Waals surface area contributed by atoms with Gasteiger partial charge in [0.2, 0.25) is 0 Å². The minimum absolute atomic E-state index is 0.220. The van der Waals surface area contributed by atoms with Crippen molar-refractivity contribution in [2.24, 2.45) is 10.9 Å². The third-order valence-electron chi connectivity index (χ3n) is 2.99. The predicted molar refractivity (Wildman–Crippen MR) is 65.7 cm³/mol. The van der Waals surface area contributed by atoms with Gasteiger partial charge in [-0.15, -0.1) is 0 Å². The van der Waals surface area contributed by atoms with E-state index in [0.717, 1.165) is 18.4 Å². The summed E-state index contributed by atoms with van der Waals surface area (Å²) in [6, 6.07) is 2.02. The number of oxime groups is 1. The lowest BCUT2D eigenvalue weighted by atomic mass is 10.2. The van der Waals surface area contributed by atoms with Crippen LogP contribution in [0.4, 0.5) is 4.39 Å². The van der Waals surface area contributed by atoms with Gasteiger partial charge in [-0.25, -0.2) is 4.39 Å². The third kappa shape index (κ3) is 3.66. The summed E-state index contributed by atoms with van der Waals surface area (Å²) >= 11 is 0. The normalized spacial score (nSPS) is 16.2. The Kier molecular flexibility index (Phi) is 4.09. The summed E-state index contributed by atoms with van der Waals surface area (Å²) in [5.41, 5.74) is 6.31. The summed E-state index contributed by atoms with van der Waals surface area (Å²) in [6.07, 6.45) is 5.68. The van der Waals surface area contributed by atoms with E-state index >= 15 is 0 Å². The predicted octanol–water partition coefficient (Wildman–Crippen LogP) is 1.32. The first kappa shape index (κ1) is 12.8. The largest absolute Gasteiger partial charge is 0.409 e. The summed E-state index contributed by atoms with van der Waals surface area (Å²) in [5.74, 6) is -0.0994. The van der Waals surface area contributed by atoms with Crippen LogP contribution < -0.4 is 5.73 Å². The van der Waals surface area contributed by atoms with Gasteiger partial charge in [0, 0.05) is 31.7 Å². The average molecular weight is 252 g/mol. The highest BCUT2D eigenvalue weighted by atomic mass is 19.1. The maximum absolute atomic E-state index is 13.0. The van der Waals surface area contributed by atoms with Gasteiger partial charge in [-0.1, -0.05) is 5.16 Å². The minimum atomic E-state index is -0.320. The number of amidine groups is 1. The lowest BCUT2D eigenvalue weighted by Gasteiger charge is -2.21. The Morgan fingerprint density at radius 1 is 1.56 bits per heavy atom. The molecule has 0 atom stereocenters. The zero-order chi connectivity index (χ0) is 13.0. The van der Waals surface area contributed by atoms with Crippen LogP contribution in [0, 0.1) is 5.82 Å². The Balaban J connectivity index is 1.94. The van der Waals surface area contributed by atoms with Gasteiger partial charge in [0.25, 0.3) is 0 Å². The Labute approximate surface area is 105 Å². The van der Waals surface area contributed by atoms with Gasteiger partial charge >= 0.3 is 0 Å². The van der Waals surface area contributed by atoms with Crippen molar-refractivity contribution < 1.29 is 9.60 Å². The molecule has 98 valence electrons. The molecule has 5 nitrogen and oxygen atoms in total. The molecule has 1 fully saturated rings. The van der Waals surface area contributed by atoms with Crippen LogP contribution in [-0.4, -0.2) is 33.5 Å². The van der Waals surface area contributed by atoms with E-state index in [4.69, 9.17) is 10.9 Å². The number of nitrogens with zero attached hydrogens (tertiary/aromatic N) is 3. The number of aromatic nitrogens is 1. The molecule has 0 bridgehead atoms. The van der Waals surface area contributed by atoms with Gasteiger partial charge < -0.3 is 10.9 Å². The number of halogens is 1.